The number of ketones is 1. The molecule has 1 heterocycles. The molecule has 1 amide bonds. The number of carbonyl (C=O) groups excluding carboxylic acids is 2. The molecule has 1 aliphatic heterocycles. The molecule has 0 radical (unpaired) electrons. The van der Waals surface area contributed by atoms with Crippen LogP contribution in [0, 0.1) is 10.1 Å². The number of hydrogen-bond donors (Lipinski definition) is 2. The van der Waals surface area contributed by atoms with Gasteiger partial charge >= 0.3 is 0 Å². The second kappa shape index (κ2) is 9.42. The van der Waals surface area contributed by atoms with Crippen molar-refractivity contribution in [1.29, 1.82) is 0 Å². The summed E-state index contributed by atoms with van der Waals surface area (Å²) in [7, 11) is 1.60. The van der Waals surface area contributed by atoms with Crippen LogP contribution >= 0.6 is 0 Å². The van der Waals surface area contributed by atoms with Gasteiger partial charge in [0.2, 0.25) is 0 Å². The highest BCUT2D eigenvalue weighted by molar-refractivity contribution is 6.10. The first kappa shape index (κ1) is 23.7. The Labute approximate surface area is 202 Å². The molecular formula is C27H25N3O5. The number of carbonyl (C=O) groups is 2. The van der Waals surface area contributed by atoms with E-state index in [1.807, 2.05) is 18.2 Å². The summed E-state index contributed by atoms with van der Waals surface area (Å²) >= 11 is 0. The van der Waals surface area contributed by atoms with E-state index in [0.717, 1.165) is 17.5 Å². The summed E-state index contributed by atoms with van der Waals surface area (Å²) in [6, 6.07) is 18.0. The molecule has 3 aromatic carbocycles. The topological polar surface area (TPSA) is 111 Å². The Morgan fingerprint density at radius 1 is 1.09 bits per heavy atom. The number of nitro groups is 1. The van der Waals surface area contributed by atoms with Gasteiger partial charge in [0.25, 0.3) is 11.6 Å². The van der Waals surface area contributed by atoms with E-state index in [1.54, 1.807) is 43.5 Å². The van der Waals surface area contributed by atoms with Crippen molar-refractivity contribution in [1.82, 2.24) is 5.32 Å². The van der Waals surface area contributed by atoms with Gasteiger partial charge in [-0.2, -0.15) is 0 Å². The number of para-hydroxylation sites is 1. The van der Waals surface area contributed by atoms with E-state index in [1.165, 1.54) is 18.2 Å². The van der Waals surface area contributed by atoms with Gasteiger partial charge in [-0.05, 0) is 68.3 Å². The Morgan fingerprint density at radius 2 is 1.80 bits per heavy atom. The van der Waals surface area contributed by atoms with Gasteiger partial charge in [0.1, 0.15) is 11.3 Å². The third-order valence-electron chi connectivity index (χ3n) is 5.76. The van der Waals surface area contributed by atoms with Gasteiger partial charge in [-0.3, -0.25) is 19.7 Å². The minimum Gasteiger partial charge on any atom is -0.497 e. The number of fused-ring (bicyclic) bond motifs is 1. The van der Waals surface area contributed by atoms with Crippen LogP contribution in [0.25, 0.3) is 5.70 Å². The molecule has 0 aromatic heterocycles. The molecular weight excluding hydrogens is 446 g/mol. The Kier molecular flexibility index (Phi) is 6.38. The maximum Gasteiger partial charge on any atom is 0.282 e. The van der Waals surface area contributed by atoms with Crippen LogP contribution in [0.5, 0.6) is 5.75 Å². The number of rotatable bonds is 6. The molecule has 0 spiro atoms. The first-order chi connectivity index (χ1) is 16.7. The molecule has 35 heavy (non-hydrogen) atoms. The summed E-state index contributed by atoms with van der Waals surface area (Å²) < 4.78 is 5.36. The van der Waals surface area contributed by atoms with Crippen molar-refractivity contribution in [3.05, 3.63) is 105 Å². The molecule has 0 aliphatic carbocycles. The zero-order chi connectivity index (χ0) is 25.2. The van der Waals surface area contributed by atoms with E-state index in [9.17, 15) is 19.7 Å². The van der Waals surface area contributed by atoms with Crippen molar-refractivity contribution in [2.24, 2.45) is 0 Å². The highest BCUT2D eigenvalue weighted by atomic mass is 16.6. The molecule has 0 fully saturated rings. The minimum absolute atomic E-state index is 0.0394. The van der Waals surface area contributed by atoms with Crippen LogP contribution in [0.3, 0.4) is 0 Å². The molecule has 0 atom stereocenters. The number of benzene rings is 3. The maximum atomic E-state index is 13.1. The molecule has 178 valence electrons. The predicted octanol–water partition coefficient (Wildman–Crippen LogP) is 5.00. The Bertz CT molecular complexity index is 1340. The number of allylic oxidation sites excluding steroid dienone is 1. The molecule has 0 saturated heterocycles. The van der Waals surface area contributed by atoms with Crippen molar-refractivity contribution in [3.63, 3.8) is 0 Å². The monoisotopic (exact) mass is 471 g/mol. The smallest absolute Gasteiger partial charge is 0.282 e. The van der Waals surface area contributed by atoms with E-state index in [0.29, 0.717) is 22.7 Å². The number of nitro benzene ring substituents is 1. The van der Waals surface area contributed by atoms with Gasteiger partial charge in [0.15, 0.2) is 5.78 Å². The summed E-state index contributed by atoms with van der Waals surface area (Å²) in [5.41, 5.74) is 3.09. The molecule has 4 rings (SSSR count). The number of anilines is 1. The van der Waals surface area contributed by atoms with Crippen molar-refractivity contribution in [3.8, 4) is 5.75 Å². The molecule has 2 N–H and O–H groups in total. The number of nitrogens with zero attached hydrogens (tertiary/aromatic N) is 1. The fourth-order valence-electron chi connectivity index (χ4n) is 4.11. The van der Waals surface area contributed by atoms with Crippen molar-refractivity contribution in [2.45, 2.75) is 25.8 Å². The molecule has 0 saturated carbocycles. The van der Waals surface area contributed by atoms with Crippen LogP contribution < -0.4 is 15.4 Å². The first-order valence-electron chi connectivity index (χ1n) is 11.0. The lowest BCUT2D eigenvalue weighted by atomic mass is 9.85. The third-order valence-corrected chi connectivity index (χ3v) is 5.76. The van der Waals surface area contributed by atoms with Crippen LogP contribution in [0.4, 0.5) is 11.4 Å². The number of methoxy groups -OCH3 is 1. The van der Waals surface area contributed by atoms with E-state index in [-0.39, 0.29) is 22.6 Å². The Balaban J connectivity index is 1.55. The molecule has 1 aliphatic rings. The summed E-state index contributed by atoms with van der Waals surface area (Å²) in [4.78, 5) is 36.2. The van der Waals surface area contributed by atoms with Gasteiger partial charge in [0, 0.05) is 40.2 Å². The highest BCUT2D eigenvalue weighted by Crippen LogP contribution is 2.32. The molecule has 8 nitrogen and oxygen atoms in total. The lowest BCUT2D eigenvalue weighted by Crippen LogP contribution is -2.43. The fraction of sp³-hybridized carbons (Fsp3) is 0.185. The van der Waals surface area contributed by atoms with Crippen molar-refractivity contribution < 1.29 is 19.2 Å². The lowest BCUT2D eigenvalue weighted by molar-refractivity contribution is -0.385. The number of amides is 1. The number of nitrogens with one attached hydrogen (secondary N) is 2. The molecule has 0 bridgehead atoms. The SMILES string of the molecule is COc1ccc2c(c1)/C(=C/C(=O)c1ccc(NC(=O)c3ccccc3[N+](=O)[O-])cc1)NC(C)(C)C2. The average Bonchev–Trinajstić information content (AvgIpc) is 2.83. The molecule has 3 aromatic rings. The quantitative estimate of drug-likeness (QED) is 0.226. The first-order valence-corrected chi connectivity index (χ1v) is 11.0. The Morgan fingerprint density at radius 3 is 2.49 bits per heavy atom. The predicted molar refractivity (Wildman–Crippen MR) is 134 cm³/mol. The summed E-state index contributed by atoms with van der Waals surface area (Å²) in [6.07, 6.45) is 2.38. The van der Waals surface area contributed by atoms with Crippen molar-refractivity contribution in [2.75, 3.05) is 12.4 Å². The van der Waals surface area contributed by atoms with Gasteiger partial charge < -0.3 is 15.4 Å². The second-order valence-electron chi connectivity index (χ2n) is 8.94. The number of ether oxygens (including phenoxy) is 1. The van der Waals surface area contributed by atoms with E-state index < -0.39 is 10.8 Å². The molecule has 8 heteroatoms. The minimum atomic E-state index is -0.599. The number of hydrogen-bond acceptors (Lipinski definition) is 6. The normalized spacial score (nSPS) is 15.0. The Hall–Kier alpha value is -4.46. The summed E-state index contributed by atoms with van der Waals surface area (Å²) in [5.74, 6) is -0.0874. The van der Waals surface area contributed by atoms with Crippen LogP contribution in [-0.4, -0.2) is 29.3 Å². The maximum absolute atomic E-state index is 13.1. The third kappa shape index (κ3) is 5.22. The van der Waals surface area contributed by atoms with Crippen LogP contribution in [0.15, 0.2) is 72.8 Å². The second-order valence-corrected chi connectivity index (χ2v) is 8.94. The average molecular weight is 472 g/mol. The van der Waals surface area contributed by atoms with Gasteiger partial charge in [-0.15, -0.1) is 0 Å². The standard InChI is InChI=1S/C27H25N3O5/c1-27(2)16-18-10-13-20(35-3)14-22(18)23(29-27)15-25(31)17-8-11-19(12-9-17)28-26(32)21-6-4-5-7-24(21)30(33)34/h4-15,29H,16H2,1-3H3,(H,28,32)/b23-15-. The van der Waals surface area contributed by atoms with Crippen LogP contribution in [0.1, 0.15) is 45.7 Å². The zero-order valence-corrected chi connectivity index (χ0v) is 19.6. The summed E-state index contributed by atoms with van der Waals surface area (Å²) in [5, 5.41) is 17.3. The van der Waals surface area contributed by atoms with Crippen molar-refractivity contribution >= 4 is 28.8 Å². The van der Waals surface area contributed by atoms with Crippen LogP contribution in [-0.2, 0) is 6.42 Å². The van der Waals surface area contributed by atoms with Gasteiger partial charge in [-0.1, -0.05) is 18.2 Å². The highest BCUT2D eigenvalue weighted by Gasteiger charge is 2.28. The summed E-state index contributed by atoms with van der Waals surface area (Å²) in [6.45, 7) is 4.15. The lowest BCUT2D eigenvalue weighted by Gasteiger charge is -2.35. The largest absolute Gasteiger partial charge is 0.497 e. The van der Waals surface area contributed by atoms with E-state index in [4.69, 9.17) is 4.74 Å². The fourth-order valence-corrected chi connectivity index (χ4v) is 4.11. The molecule has 0 unspecified atom stereocenters. The zero-order valence-electron chi connectivity index (χ0n) is 19.6. The van der Waals surface area contributed by atoms with Crippen LogP contribution in [0.2, 0.25) is 0 Å². The van der Waals surface area contributed by atoms with E-state index in [2.05, 4.69) is 24.5 Å². The van der Waals surface area contributed by atoms with Gasteiger partial charge in [-0.25, -0.2) is 0 Å². The van der Waals surface area contributed by atoms with E-state index >= 15 is 0 Å². The van der Waals surface area contributed by atoms with Gasteiger partial charge in [0.05, 0.1) is 12.0 Å².